The van der Waals surface area contributed by atoms with Gasteiger partial charge in [-0.3, -0.25) is 9.11 Å². The Morgan fingerprint density at radius 1 is 1.00 bits per heavy atom. The standard InChI is InChI=1S/K.H2NO7S2/c;2-1(9(3,4)5)10(6,7)8/h;(H,3,4,5)(H,6,7,8)/q;-1. The molecule has 0 rings (SSSR count). The van der Waals surface area contributed by atoms with Crippen LogP contribution in [-0.4, -0.2) is 81.2 Å². The maximum atomic E-state index is 9.73. The van der Waals surface area contributed by atoms with Crippen LogP contribution in [0.25, 0.3) is 0 Å². The van der Waals surface area contributed by atoms with Crippen LogP contribution in [0.15, 0.2) is 0 Å². The molecule has 0 aliphatic carbocycles. The molecule has 63 valence electrons. The van der Waals surface area contributed by atoms with Crippen molar-refractivity contribution in [1.82, 2.24) is 3.87 Å². The molecule has 0 aromatic carbocycles. The van der Waals surface area contributed by atoms with Gasteiger partial charge < -0.3 is 5.21 Å². The molecule has 1 radical (unpaired) electrons. The van der Waals surface area contributed by atoms with E-state index in [1.165, 1.54) is 0 Å². The van der Waals surface area contributed by atoms with Gasteiger partial charge >= 0.3 is 20.6 Å². The molecule has 0 atom stereocenters. The van der Waals surface area contributed by atoms with Crippen molar-refractivity contribution in [2.75, 3.05) is 0 Å². The summed E-state index contributed by atoms with van der Waals surface area (Å²) in [7, 11) is -10.8. The van der Waals surface area contributed by atoms with E-state index in [4.69, 9.17) is 9.11 Å². The second-order valence-corrected chi connectivity index (χ2v) is 3.81. The first-order valence-corrected chi connectivity index (χ1v) is 4.37. The molecular weight excluding hydrogens is 229 g/mol. The molecule has 0 bridgehead atoms. The summed E-state index contributed by atoms with van der Waals surface area (Å²) in [5, 5.41) is 9.73. The Labute approximate surface area is 105 Å². The molecule has 8 nitrogen and oxygen atoms in total. The van der Waals surface area contributed by atoms with Crippen LogP contribution in [0.2, 0.25) is 0 Å². The van der Waals surface area contributed by atoms with Crippen molar-refractivity contribution in [2.45, 2.75) is 0 Å². The molecule has 0 unspecified atom stereocenters. The smallest absolute Gasteiger partial charge is 0.339 e. The maximum Gasteiger partial charge on any atom is 0.339 e. The first kappa shape index (κ1) is 14.9. The zero-order valence-electron chi connectivity index (χ0n) is 5.20. The molecule has 0 saturated carbocycles. The first-order valence-electron chi connectivity index (χ1n) is 1.58. The molecule has 11 heteroatoms. The molecule has 0 spiro atoms. The van der Waals surface area contributed by atoms with Crippen molar-refractivity contribution in [2.24, 2.45) is 0 Å². The van der Waals surface area contributed by atoms with Crippen LogP contribution in [0.1, 0.15) is 0 Å². The number of hydrogen-bond acceptors (Lipinski definition) is 5. The van der Waals surface area contributed by atoms with E-state index in [1.807, 2.05) is 0 Å². The summed E-state index contributed by atoms with van der Waals surface area (Å²) in [6.07, 6.45) is 0. The van der Waals surface area contributed by atoms with Crippen LogP contribution >= 0.6 is 0 Å². The van der Waals surface area contributed by atoms with Crippen LogP contribution in [0.5, 0.6) is 0 Å². The largest absolute Gasteiger partial charge is 0.756 e. The monoisotopic (exact) mass is 231 g/mol. The fraction of sp³-hybridized carbons (Fsp3) is 0. The third kappa shape index (κ3) is 5.59. The average molecular weight is 231 g/mol. The van der Waals surface area contributed by atoms with E-state index in [0.29, 0.717) is 0 Å². The summed E-state index contributed by atoms with van der Waals surface area (Å²) >= 11 is 0. The Bertz CT molecular complexity index is 265. The quantitative estimate of drug-likeness (QED) is 0.319. The van der Waals surface area contributed by atoms with Gasteiger partial charge in [0.1, 0.15) is 0 Å². The summed E-state index contributed by atoms with van der Waals surface area (Å²) in [4.78, 5) is 0. The van der Waals surface area contributed by atoms with Crippen LogP contribution < -0.4 is 0 Å². The van der Waals surface area contributed by atoms with Crippen molar-refractivity contribution in [3.8, 4) is 0 Å². The summed E-state index contributed by atoms with van der Waals surface area (Å²) < 4.78 is 51.9. The molecule has 0 heterocycles. The molecule has 0 aliphatic rings. The number of hydrogen-bond donors (Lipinski definition) is 2. The summed E-state index contributed by atoms with van der Waals surface area (Å²) in [6.45, 7) is 0. The van der Waals surface area contributed by atoms with Crippen molar-refractivity contribution in [1.29, 1.82) is 0 Å². The van der Waals surface area contributed by atoms with E-state index < -0.39 is 24.5 Å². The minimum atomic E-state index is -5.42. The van der Waals surface area contributed by atoms with Gasteiger partial charge in [-0.25, -0.2) is 0 Å². The van der Waals surface area contributed by atoms with Crippen LogP contribution in [0.3, 0.4) is 0 Å². The van der Waals surface area contributed by atoms with Crippen molar-refractivity contribution in [3.05, 3.63) is 5.21 Å². The minimum absolute atomic E-state index is 0. The third-order valence-electron chi connectivity index (χ3n) is 0.377. The molecular formula is H2KNO7S2-. The van der Waals surface area contributed by atoms with E-state index >= 15 is 0 Å². The van der Waals surface area contributed by atoms with Crippen LogP contribution in [-0.2, 0) is 20.6 Å². The SMILES string of the molecule is O=S(=O)(O)N([O-])S(=O)(=O)O.[K]. The maximum absolute atomic E-state index is 9.73. The van der Waals surface area contributed by atoms with E-state index in [0.717, 1.165) is 0 Å². The average Bonchev–Trinajstić information content (AvgIpc) is 1.59. The molecule has 0 saturated heterocycles. The number of nitrogens with zero attached hydrogens (tertiary/aromatic N) is 1. The first-order chi connectivity index (χ1) is 4.15. The van der Waals surface area contributed by atoms with Gasteiger partial charge in [0.05, 0.1) is 0 Å². The van der Waals surface area contributed by atoms with Gasteiger partial charge in [0, 0.05) is 51.4 Å². The predicted molar refractivity (Wildman–Crippen MR) is 34.1 cm³/mol. The molecule has 0 amide bonds. The molecule has 2 N–H and O–H groups in total. The zero-order chi connectivity index (χ0) is 8.58. The minimum Gasteiger partial charge on any atom is -0.756 e. The van der Waals surface area contributed by atoms with Gasteiger partial charge in [0.15, 0.2) is 0 Å². The Balaban J connectivity index is 0. The van der Waals surface area contributed by atoms with E-state index in [2.05, 4.69) is 0 Å². The molecule has 0 aliphatic heterocycles. The summed E-state index contributed by atoms with van der Waals surface area (Å²) in [5.41, 5.74) is 0. The fourth-order valence-electron chi connectivity index (χ4n) is 0.119. The second-order valence-electron chi connectivity index (χ2n) is 1.12. The van der Waals surface area contributed by atoms with Gasteiger partial charge in [0.2, 0.25) is 0 Å². The summed E-state index contributed by atoms with van der Waals surface area (Å²) in [5.74, 6) is 0. The van der Waals surface area contributed by atoms with Gasteiger partial charge in [-0.2, -0.15) is 16.8 Å². The second kappa shape index (κ2) is 4.57. The molecule has 11 heavy (non-hydrogen) atoms. The summed E-state index contributed by atoms with van der Waals surface area (Å²) in [6, 6.07) is 0. The Hall–Kier alpha value is 1.38. The molecule has 0 fully saturated rings. The molecule has 0 aromatic heterocycles. The van der Waals surface area contributed by atoms with Gasteiger partial charge in [0.25, 0.3) is 0 Å². The van der Waals surface area contributed by atoms with Gasteiger partial charge in [-0.05, 0) is 0 Å². The van der Waals surface area contributed by atoms with Crippen molar-refractivity contribution < 1.29 is 25.9 Å². The third-order valence-corrected chi connectivity index (χ3v) is 2.26. The van der Waals surface area contributed by atoms with E-state index in [1.54, 1.807) is 0 Å². The topological polar surface area (TPSA) is 135 Å². The van der Waals surface area contributed by atoms with Crippen LogP contribution in [0, 0.1) is 5.21 Å². The van der Waals surface area contributed by atoms with Crippen molar-refractivity contribution in [3.63, 3.8) is 0 Å². The van der Waals surface area contributed by atoms with Crippen LogP contribution in [0.4, 0.5) is 0 Å². The fourth-order valence-corrected chi connectivity index (χ4v) is 1.07. The zero-order valence-corrected chi connectivity index (χ0v) is 9.96. The van der Waals surface area contributed by atoms with E-state index in [-0.39, 0.29) is 51.4 Å². The van der Waals surface area contributed by atoms with Gasteiger partial charge in [-0.1, -0.05) is 0 Å². The van der Waals surface area contributed by atoms with E-state index in [9.17, 15) is 22.0 Å². The van der Waals surface area contributed by atoms with Crippen molar-refractivity contribution >= 4 is 72.0 Å². The Morgan fingerprint density at radius 2 is 1.18 bits per heavy atom. The Morgan fingerprint density at radius 3 is 1.18 bits per heavy atom. The number of rotatable bonds is 2. The van der Waals surface area contributed by atoms with Gasteiger partial charge in [-0.15, -0.1) is 3.87 Å². The normalized spacial score (nSPS) is 12.7. The predicted octanol–water partition coefficient (Wildman–Crippen LogP) is -1.99. The molecule has 0 aromatic rings. The Kier molecular flexibility index (Phi) is 6.18.